The zero-order valence-corrected chi connectivity index (χ0v) is 10.4. The summed E-state index contributed by atoms with van der Waals surface area (Å²) in [4.78, 5) is 15.1. The number of aromatic nitrogens is 1. The summed E-state index contributed by atoms with van der Waals surface area (Å²) in [6.45, 7) is 3.51. The quantitative estimate of drug-likeness (QED) is 0.739. The van der Waals surface area contributed by atoms with Crippen molar-refractivity contribution < 1.29 is 14.3 Å². The van der Waals surface area contributed by atoms with Crippen molar-refractivity contribution >= 4 is 17.7 Å². The van der Waals surface area contributed by atoms with Gasteiger partial charge in [0, 0.05) is 5.75 Å². The first-order chi connectivity index (χ1) is 7.48. The van der Waals surface area contributed by atoms with Crippen LogP contribution in [0.5, 0.6) is 0 Å². The molecule has 1 heterocycles. The van der Waals surface area contributed by atoms with Crippen molar-refractivity contribution in [2.75, 3.05) is 12.8 Å². The van der Waals surface area contributed by atoms with E-state index in [0.29, 0.717) is 17.4 Å². The molecule has 0 saturated heterocycles. The lowest BCUT2D eigenvalue weighted by Crippen LogP contribution is -2.47. The number of carboxylic acid groups (broad SMARTS) is 1. The van der Waals surface area contributed by atoms with Crippen LogP contribution in [0, 0.1) is 6.92 Å². The largest absolute Gasteiger partial charge is 0.480 e. The number of hydrogen-bond donors (Lipinski definition) is 2. The van der Waals surface area contributed by atoms with E-state index in [0.717, 1.165) is 5.69 Å². The van der Waals surface area contributed by atoms with E-state index in [1.807, 2.05) is 6.92 Å². The van der Waals surface area contributed by atoms with Crippen molar-refractivity contribution in [3.05, 3.63) is 12.0 Å². The molecule has 0 saturated carbocycles. The minimum Gasteiger partial charge on any atom is -0.480 e. The van der Waals surface area contributed by atoms with Crippen LogP contribution in [0.25, 0.3) is 0 Å². The maximum absolute atomic E-state index is 11.0. The number of carboxylic acids is 1. The second-order valence-electron chi connectivity index (χ2n) is 3.74. The predicted octanol–water partition coefficient (Wildman–Crippen LogP) is 1.53. The Morgan fingerprint density at radius 2 is 2.44 bits per heavy atom. The number of thioether (sulfide) groups is 1. The minimum atomic E-state index is -0.894. The average molecular weight is 244 g/mol. The van der Waals surface area contributed by atoms with E-state index in [9.17, 15) is 4.79 Å². The molecule has 1 aromatic rings. The molecular weight excluding hydrogens is 228 g/mol. The Balaban J connectivity index is 2.43. The highest BCUT2D eigenvalue weighted by Gasteiger charge is 2.30. The molecule has 1 aromatic heterocycles. The standard InChI is InChI=1S/C10H16N2O3S/c1-7-6-15-9(12-7)16-5-4-10(2,11-3)8(13)14/h6,11H,4-5H2,1-3H3,(H,13,14). The van der Waals surface area contributed by atoms with Gasteiger partial charge in [-0.3, -0.25) is 4.79 Å². The molecule has 6 heteroatoms. The van der Waals surface area contributed by atoms with Crippen molar-refractivity contribution in [1.82, 2.24) is 10.3 Å². The molecule has 0 aliphatic rings. The summed E-state index contributed by atoms with van der Waals surface area (Å²) < 4.78 is 5.16. The van der Waals surface area contributed by atoms with Crippen LogP contribution in [0.3, 0.4) is 0 Å². The van der Waals surface area contributed by atoms with Gasteiger partial charge in [-0.2, -0.15) is 0 Å². The molecule has 0 aliphatic carbocycles. The van der Waals surface area contributed by atoms with E-state index < -0.39 is 11.5 Å². The third-order valence-corrected chi connectivity index (χ3v) is 3.29. The Kier molecular flexibility index (Phi) is 4.37. The summed E-state index contributed by atoms with van der Waals surface area (Å²) in [5.74, 6) is -0.206. The summed E-state index contributed by atoms with van der Waals surface area (Å²) in [7, 11) is 1.65. The van der Waals surface area contributed by atoms with Crippen molar-refractivity contribution in [1.29, 1.82) is 0 Å². The van der Waals surface area contributed by atoms with Gasteiger partial charge in [-0.05, 0) is 27.3 Å². The Hall–Kier alpha value is -1.01. The summed E-state index contributed by atoms with van der Waals surface area (Å²) in [6, 6.07) is 0. The van der Waals surface area contributed by atoms with Gasteiger partial charge < -0.3 is 14.8 Å². The highest BCUT2D eigenvalue weighted by molar-refractivity contribution is 7.99. The molecule has 16 heavy (non-hydrogen) atoms. The molecule has 1 atom stereocenters. The number of likely N-dealkylation sites (N-methyl/N-ethyl adjacent to an activating group) is 1. The number of oxazole rings is 1. The van der Waals surface area contributed by atoms with Crippen LogP contribution in [-0.2, 0) is 4.79 Å². The van der Waals surface area contributed by atoms with Gasteiger partial charge in [0.2, 0.25) is 0 Å². The molecule has 0 fully saturated rings. The lowest BCUT2D eigenvalue weighted by molar-refractivity contribution is -0.144. The SMILES string of the molecule is CNC(C)(CCSc1nc(C)co1)C(=O)O. The van der Waals surface area contributed by atoms with Gasteiger partial charge >= 0.3 is 5.97 Å². The second-order valence-corrected chi connectivity index (χ2v) is 4.79. The Labute approximate surface area is 98.6 Å². The zero-order chi connectivity index (χ0) is 12.2. The lowest BCUT2D eigenvalue weighted by atomic mass is 10.00. The van der Waals surface area contributed by atoms with Gasteiger partial charge in [0.25, 0.3) is 5.22 Å². The van der Waals surface area contributed by atoms with Gasteiger partial charge in [-0.25, -0.2) is 4.98 Å². The molecular formula is C10H16N2O3S. The third-order valence-electron chi connectivity index (χ3n) is 2.45. The van der Waals surface area contributed by atoms with Crippen LogP contribution in [0.15, 0.2) is 15.9 Å². The average Bonchev–Trinajstić information content (AvgIpc) is 2.63. The number of carbonyl (C=O) groups is 1. The van der Waals surface area contributed by atoms with Crippen LogP contribution in [-0.4, -0.2) is 34.4 Å². The van der Waals surface area contributed by atoms with E-state index in [1.165, 1.54) is 11.8 Å². The van der Waals surface area contributed by atoms with Gasteiger partial charge in [0.15, 0.2) is 0 Å². The fourth-order valence-corrected chi connectivity index (χ4v) is 2.09. The molecule has 0 bridgehead atoms. The number of nitrogens with one attached hydrogen (secondary N) is 1. The number of aliphatic carboxylic acids is 1. The Morgan fingerprint density at radius 3 is 2.88 bits per heavy atom. The van der Waals surface area contributed by atoms with Crippen molar-refractivity contribution in [2.24, 2.45) is 0 Å². The van der Waals surface area contributed by atoms with E-state index in [2.05, 4.69) is 10.3 Å². The van der Waals surface area contributed by atoms with Gasteiger partial charge in [0.1, 0.15) is 11.8 Å². The normalized spacial score (nSPS) is 14.7. The highest BCUT2D eigenvalue weighted by Crippen LogP contribution is 2.21. The molecule has 1 rings (SSSR count). The summed E-state index contributed by atoms with van der Waals surface area (Å²) in [5, 5.41) is 12.4. The molecule has 0 aromatic carbocycles. The summed E-state index contributed by atoms with van der Waals surface area (Å²) >= 11 is 1.42. The molecule has 5 nitrogen and oxygen atoms in total. The molecule has 0 amide bonds. The van der Waals surface area contributed by atoms with E-state index in [4.69, 9.17) is 9.52 Å². The fraction of sp³-hybridized carbons (Fsp3) is 0.600. The first-order valence-corrected chi connectivity index (χ1v) is 5.94. The molecule has 1 unspecified atom stereocenters. The summed E-state index contributed by atoms with van der Waals surface area (Å²) in [6.07, 6.45) is 2.09. The maximum Gasteiger partial charge on any atom is 0.323 e. The molecule has 0 spiro atoms. The van der Waals surface area contributed by atoms with Crippen LogP contribution in [0.2, 0.25) is 0 Å². The van der Waals surface area contributed by atoms with Crippen molar-refractivity contribution in [2.45, 2.75) is 31.0 Å². The van der Waals surface area contributed by atoms with Crippen molar-refractivity contribution in [3.8, 4) is 0 Å². The number of hydrogen-bond acceptors (Lipinski definition) is 5. The number of nitrogens with zero attached hydrogens (tertiary/aromatic N) is 1. The Morgan fingerprint density at radius 1 is 1.75 bits per heavy atom. The van der Waals surface area contributed by atoms with E-state index >= 15 is 0 Å². The smallest absolute Gasteiger partial charge is 0.323 e. The number of aryl methyl sites for hydroxylation is 1. The van der Waals surface area contributed by atoms with Gasteiger partial charge in [-0.15, -0.1) is 0 Å². The molecule has 0 radical (unpaired) electrons. The first kappa shape index (κ1) is 13.1. The zero-order valence-electron chi connectivity index (χ0n) is 9.61. The maximum atomic E-state index is 11.0. The molecule has 0 aliphatic heterocycles. The third kappa shape index (κ3) is 3.24. The van der Waals surface area contributed by atoms with Gasteiger partial charge in [-0.1, -0.05) is 11.8 Å². The lowest BCUT2D eigenvalue weighted by Gasteiger charge is -2.23. The van der Waals surface area contributed by atoms with E-state index in [1.54, 1.807) is 20.2 Å². The fourth-order valence-electron chi connectivity index (χ4n) is 1.08. The molecule has 90 valence electrons. The number of rotatable bonds is 6. The van der Waals surface area contributed by atoms with Crippen LogP contribution >= 0.6 is 11.8 Å². The van der Waals surface area contributed by atoms with Crippen LogP contribution in [0.4, 0.5) is 0 Å². The summed E-state index contributed by atoms with van der Waals surface area (Å²) in [5.41, 5.74) is -0.0635. The highest BCUT2D eigenvalue weighted by atomic mass is 32.2. The van der Waals surface area contributed by atoms with E-state index in [-0.39, 0.29) is 0 Å². The Bertz CT molecular complexity index is 367. The van der Waals surface area contributed by atoms with Gasteiger partial charge in [0.05, 0.1) is 5.69 Å². The topological polar surface area (TPSA) is 75.4 Å². The van der Waals surface area contributed by atoms with Crippen molar-refractivity contribution in [3.63, 3.8) is 0 Å². The minimum absolute atomic E-state index is 0.505. The van der Waals surface area contributed by atoms with Crippen LogP contribution in [0.1, 0.15) is 19.0 Å². The second kappa shape index (κ2) is 5.36. The first-order valence-electron chi connectivity index (χ1n) is 4.95. The molecule has 2 N–H and O–H groups in total. The van der Waals surface area contributed by atoms with Crippen LogP contribution < -0.4 is 5.32 Å². The predicted molar refractivity (Wildman–Crippen MR) is 61.7 cm³/mol. The monoisotopic (exact) mass is 244 g/mol.